The fourth-order valence-electron chi connectivity index (χ4n) is 3.02. The van der Waals surface area contributed by atoms with Crippen molar-refractivity contribution in [1.82, 2.24) is 29.7 Å². The highest BCUT2D eigenvalue weighted by molar-refractivity contribution is 5.88. The highest BCUT2D eigenvalue weighted by Gasteiger charge is 2.31. The molecule has 0 spiro atoms. The Morgan fingerprint density at radius 2 is 2.12 bits per heavy atom. The Hall–Kier alpha value is -2.90. The maximum absolute atomic E-state index is 12.8. The van der Waals surface area contributed by atoms with Crippen molar-refractivity contribution in [3.8, 4) is 0 Å². The first-order valence-corrected chi connectivity index (χ1v) is 8.78. The normalized spacial score (nSPS) is 16.7. The number of imidazole rings is 1. The summed E-state index contributed by atoms with van der Waals surface area (Å²) in [5, 5.41) is 2.88. The van der Waals surface area contributed by atoms with E-state index in [0.717, 1.165) is 18.5 Å². The molecule has 0 saturated carbocycles. The van der Waals surface area contributed by atoms with Crippen molar-refractivity contribution in [2.75, 3.05) is 20.1 Å². The summed E-state index contributed by atoms with van der Waals surface area (Å²) in [4.78, 5) is 36.3. The molecule has 8 nitrogen and oxygen atoms in total. The summed E-state index contributed by atoms with van der Waals surface area (Å²) in [6.07, 6.45) is 10.3. The number of aryl methyl sites for hydroxylation is 1. The zero-order valence-electron chi connectivity index (χ0n) is 14.9. The van der Waals surface area contributed by atoms with E-state index in [0.29, 0.717) is 26.1 Å². The SMILES string of the molecule is CN1CC[C@H](NC(=O)N(CCCn2ccnc2)Cc2ccncc2)C1=O. The van der Waals surface area contributed by atoms with Gasteiger partial charge in [0.25, 0.3) is 0 Å². The first kappa shape index (κ1) is 17.9. The third kappa shape index (κ3) is 4.59. The molecule has 0 radical (unpaired) electrons. The molecule has 0 aromatic carbocycles. The molecule has 138 valence electrons. The molecule has 2 aromatic rings. The zero-order chi connectivity index (χ0) is 18.4. The summed E-state index contributed by atoms with van der Waals surface area (Å²) < 4.78 is 1.98. The van der Waals surface area contributed by atoms with Gasteiger partial charge in [-0.25, -0.2) is 9.78 Å². The number of amides is 3. The fourth-order valence-corrected chi connectivity index (χ4v) is 3.02. The molecule has 8 heteroatoms. The summed E-state index contributed by atoms with van der Waals surface area (Å²) in [6, 6.07) is 3.15. The molecule has 0 aliphatic carbocycles. The van der Waals surface area contributed by atoms with Gasteiger partial charge in [0.2, 0.25) is 5.91 Å². The molecular weight excluding hydrogens is 332 g/mol. The average Bonchev–Trinajstić information content (AvgIpc) is 3.27. The number of carbonyl (C=O) groups excluding carboxylic acids is 2. The monoisotopic (exact) mass is 356 g/mol. The highest BCUT2D eigenvalue weighted by Crippen LogP contribution is 2.11. The Kier molecular flexibility index (Phi) is 5.83. The smallest absolute Gasteiger partial charge is 0.318 e. The van der Waals surface area contributed by atoms with Gasteiger partial charge in [-0.05, 0) is 30.5 Å². The highest BCUT2D eigenvalue weighted by atomic mass is 16.2. The van der Waals surface area contributed by atoms with Crippen LogP contribution in [0.2, 0.25) is 0 Å². The molecule has 1 N–H and O–H groups in total. The van der Waals surface area contributed by atoms with E-state index >= 15 is 0 Å². The van der Waals surface area contributed by atoms with Crippen molar-refractivity contribution < 1.29 is 9.59 Å². The average molecular weight is 356 g/mol. The number of hydrogen-bond donors (Lipinski definition) is 1. The van der Waals surface area contributed by atoms with Gasteiger partial charge in [-0.15, -0.1) is 0 Å². The lowest BCUT2D eigenvalue weighted by Gasteiger charge is -2.25. The van der Waals surface area contributed by atoms with Crippen LogP contribution in [0.15, 0.2) is 43.2 Å². The van der Waals surface area contributed by atoms with Gasteiger partial charge in [-0.1, -0.05) is 0 Å². The van der Waals surface area contributed by atoms with Gasteiger partial charge >= 0.3 is 6.03 Å². The lowest BCUT2D eigenvalue weighted by Crippen LogP contribution is -2.47. The zero-order valence-corrected chi connectivity index (χ0v) is 14.9. The summed E-state index contributed by atoms with van der Waals surface area (Å²) in [7, 11) is 1.76. The van der Waals surface area contributed by atoms with Crippen molar-refractivity contribution in [2.24, 2.45) is 0 Å². The van der Waals surface area contributed by atoms with Crippen LogP contribution in [-0.4, -0.2) is 62.5 Å². The molecule has 26 heavy (non-hydrogen) atoms. The third-order valence-electron chi connectivity index (χ3n) is 4.54. The van der Waals surface area contributed by atoms with Crippen LogP contribution >= 0.6 is 0 Å². The molecule has 1 aliphatic rings. The molecule has 0 unspecified atom stereocenters. The Morgan fingerprint density at radius 3 is 2.77 bits per heavy atom. The van der Waals surface area contributed by atoms with Crippen LogP contribution < -0.4 is 5.32 Å². The van der Waals surface area contributed by atoms with E-state index in [4.69, 9.17) is 0 Å². The van der Waals surface area contributed by atoms with Crippen molar-refractivity contribution in [3.63, 3.8) is 0 Å². The van der Waals surface area contributed by atoms with Gasteiger partial charge in [-0.3, -0.25) is 9.78 Å². The Bertz CT molecular complexity index is 719. The van der Waals surface area contributed by atoms with E-state index in [-0.39, 0.29) is 11.9 Å². The lowest BCUT2D eigenvalue weighted by atomic mass is 10.2. The number of likely N-dealkylation sites (N-methyl/N-ethyl adjacent to an activating group) is 1. The Balaban J connectivity index is 1.61. The second kappa shape index (κ2) is 8.46. The van der Waals surface area contributed by atoms with E-state index in [1.165, 1.54) is 0 Å². The molecule has 1 atom stereocenters. The fraction of sp³-hybridized carbons (Fsp3) is 0.444. The van der Waals surface area contributed by atoms with Gasteiger partial charge in [0.05, 0.1) is 6.33 Å². The molecule has 3 amide bonds. The maximum Gasteiger partial charge on any atom is 0.318 e. The molecule has 1 fully saturated rings. The minimum atomic E-state index is -0.430. The number of nitrogens with zero attached hydrogens (tertiary/aromatic N) is 5. The summed E-state index contributed by atoms with van der Waals surface area (Å²) >= 11 is 0. The van der Waals surface area contributed by atoms with Crippen molar-refractivity contribution in [1.29, 1.82) is 0 Å². The van der Waals surface area contributed by atoms with Crippen LogP contribution in [0, 0.1) is 0 Å². The van der Waals surface area contributed by atoms with E-state index in [1.807, 2.05) is 22.9 Å². The minimum absolute atomic E-state index is 0.0272. The number of carbonyl (C=O) groups is 2. The van der Waals surface area contributed by atoms with Crippen molar-refractivity contribution in [3.05, 3.63) is 48.8 Å². The molecular formula is C18H24N6O2. The van der Waals surface area contributed by atoms with Crippen LogP contribution in [0.5, 0.6) is 0 Å². The lowest BCUT2D eigenvalue weighted by molar-refractivity contribution is -0.128. The first-order chi connectivity index (χ1) is 12.6. The van der Waals surface area contributed by atoms with Crippen LogP contribution in [0.3, 0.4) is 0 Å². The van der Waals surface area contributed by atoms with Crippen LogP contribution in [-0.2, 0) is 17.9 Å². The van der Waals surface area contributed by atoms with Crippen molar-refractivity contribution in [2.45, 2.75) is 32.0 Å². The maximum atomic E-state index is 12.8. The quantitative estimate of drug-likeness (QED) is 0.806. The first-order valence-electron chi connectivity index (χ1n) is 8.78. The standard InChI is InChI=1S/C18H24N6O2/c1-22-11-5-16(17(22)25)21-18(26)24(13-15-3-6-19-7-4-15)10-2-9-23-12-8-20-14-23/h3-4,6-8,12,14,16H,2,5,9-11,13H2,1H3,(H,21,26)/t16-/m0/s1. The van der Waals surface area contributed by atoms with E-state index in [2.05, 4.69) is 15.3 Å². The van der Waals surface area contributed by atoms with Gasteiger partial charge < -0.3 is 19.7 Å². The molecule has 3 heterocycles. The molecule has 2 aromatic heterocycles. The van der Waals surface area contributed by atoms with Gasteiger partial charge in [0.1, 0.15) is 6.04 Å². The van der Waals surface area contributed by atoms with E-state index in [9.17, 15) is 9.59 Å². The van der Waals surface area contributed by atoms with Crippen LogP contribution in [0.25, 0.3) is 0 Å². The number of urea groups is 1. The van der Waals surface area contributed by atoms with E-state index < -0.39 is 6.04 Å². The number of pyridine rings is 1. The van der Waals surface area contributed by atoms with Gasteiger partial charge in [0, 0.05) is 58.0 Å². The topological polar surface area (TPSA) is 83.4 Å². The molecule has 1 aliphatic heterocycles. The molecule has 0 bridgehead atoms. The predicted molar refractivity (Wildman–Crippen MR) is 96.1 cm³/mol. The number of nitrogens with one attached hydrogen (secondary N) is 1. The summed E-state index contributed by atoms with van der Waals surface area (Å²) in [5.41, 5.74) is 1.01. The van der Waals surface area contributed by atoms with Gasteiger partial charge in [0.15, 0.2) is 0 Å². The molecule has 3 rings (SSSR count). The number of rotatable bonds is 7. The second-order valence-electron chi connectivity index (χ2n) is 6.48. The van der Waals surface area contributed by atoms with Crippen LogP contribution in [0.1, 0.15) is 18.4 Å². The molecule has 1 saturated heterocycles. The largest absolute Gasteiger partial charge is 0.344 e. The minimum Gasteiger partial charge on any atom is -0.344 e. The van der Waals surface area contributed by atoms with E-state index in [1.54, 1.807) is 41.8 Å². The Morgan fingerprint density at radius 1 is 1.31 bits per heavy atom. The van der Waals surface area contributed by atoms with Crippen LogP contribution in [0.4, 0.5) is 4.79 Å². The number of aromatic nitrogens is 3. The van der Waals surface area contributed by atoms with Crippen molar-refractivity contribution >= 4 is 11.9 Å². The third-order valence-corrected chi connectivity index (χ3v) is 4.54. The second-order valence-corrected chi connectivity index (χ2v) is 6.48. The Labute approximate surface area is 152 Å². The number of hydrogen-bond acceptors (Lipinski definition) is 4. The summed E-state index contributed by atoms with van der Waals surface area (Å²) in [6.45, 7) is 2.53. The number of likely N-dealkylation sites (tertiary alicyclic amines) is 1. The van der Waals surface area contributed by atoms with Gasteiger partial charge in [-0.2, -0.15) is 0 Å². The predicted octanol–water partition coefficient (Wildman–Crippen LogP) is 1.11. The summed E-state index contributed by atoms with van der Waals surface area (Å²) in [5.74, 6) is -0.0272.